The Morgan fingerprint density at radius 2 is 2.12 bits per heavy atom. The monoisotopic (exact) mass is 234 g/mol. The van der Waals surface area contributed by atoms with Crippen molar-refractivity contribution in [3.05, 3.63) is 41.5 Å². The predicted octanol–water partition coefficient (Wildman–Crippen LogP) is 2.48. The maximum atomic E-state index is 10.5. The Labute approximate surface area is 97.1 Å². The molecule has 4 nitrogen and oxygen atoms in total. The van der Waals surface area contributed by atoms with Crippen molar-refractivity contribution in [2.75, 3.05) is 0 Å². The molecule has 0 fully saturated rings. The summed E-state index contributed by atoms with van der Waals surface area (Å²) in [4.78, 5) is 15.6. The molecule has 82 valence electrons. The summed E-state index contributed by atoms with van der Waals surface area (Å²) in [6.07, 6.45) is 0.830. The van der Waals surface area contributed by atoms with E-state index in [0.717, 1.165) is 11.2 Å². The van der Waals surface area contributed by atoms with Crippen molar-refractivity contribution in [1.82, 2.24) is 10.1 Å². The lowest BCUT2D eigenvalue weighted by Gasteiger charge is -1.98. The van der Waals surface area contributed by atoms with Crippen molar-refractivity contribution in [3.8, 4) is 0 Å². The molecular weight excluding hydrogens is 224 g/mol. The van der Waals surface area contributed by atoms with Crippen molar-refractivity contribution in [2.24, 2.45) is 0 Å². The molecule has 0 spiro atoms. The number of hydrogen-bond donors (Lipinski definition) is 0. The Morgan fingerprint density at radius 1 is 1.38 bits per heavy atom. The van der Waals surface area contributed by atoms with Crippen LogP contribution in [0.15, 0.2) is 33.7 Å². The van der Waals surface area contributed by atoms with Crippen LogP contribution in [0.5, 0.6) is 0 Å². The van der Waals surface area contributed by atoms with E-state index in [0.29, 0.717) is 23.0 Å². The minimum atomic E-state index is 0.576. The van der Waals surface area contributed by atoms with Crippen molar-refractivity contribution in [3.63, 3.8) is 0 Å². The first-order chi connectivity index (χ1) is 7.78. The van der Waals surface area contributed by atoms with E-state index >= 15 is 0 Å². The molecule has 16 heavy (non-hydrogen) atoms. The normalized spacial score (nSPS) is 10.3. The SMILES string of the molecule is Cc1nc(CSc2ccc(C=O)cc2)no1. The van der Waals surface area contributed by atoms with Crippen molar-refractivity contribution >= 4 is 18.0 Å². The zero-order valence-corrected chi connectivity index (χ0v) is 9.53. The smallest absolute Gasteiger partial charge is 0.223 e. The topological polar surface area (TPSA) is 56.0 Å². The lowest BCUT2D eigenvalue weighted by atomic mass is 10.2. The number of carbonyl (C=O) groups excluding carboxylic acids is 1. The molecule has 0 bridgehead atoms. The summed E-state index contributed by atoms with van der Waals surface area (Å²) < 4.78 is 4.87. The molecule has 0 unspecified atom stereocenters. The average molecular weight is 234 g/mol. The van der Waals surface area contributed by atoms with Crippen molar-refractivity contribution in [2.45, 2.75) is 17.6 Å². The number of rotatable bonds is 4. The summed E-state index contributed by atoms with van der Waals surface area (Å²) in [7, 11) is 0. The molecule has 0 aliphatic heterocycles. The number of thioether (sulfide) groups is 1. The Morgan fingerprint density at radius 3 is 2.69 bits per heavy atom. The molecule has 2 rings (SSSR count). The van der Waals surface area contributed by atoms with Gasteiger partial charge in [0.05, 0.1) is 5.75 Å². The number of nitrogens with zero attached hydrogens (tertiary/aromatic N) is 2. The lowest BCUT2D eigenvalue weighted by molar-refractivity contribution is 0.112. The van der Waals surface area contributed by atoms with E-state index in [4.69, 9.17) is 4.52 Å². The maximum absolute atomic E-state index is 10.5. The Bertz CT molecular complexity index is 479. The highest BCUT2D eigenvalue weighted by Crippen LogP contribution is 2.21. The predicted molar refractivity (Wildman–Crippen MR) is 60.4 cm³/mol. The van der Waals surface area contributed by atoms with E-state index < -0.39 is 0 Å². The molecule has 1 heterocycles. The minimum Gasteiger partial charge on any atom is -0.340 e. The van der Waals surface area contributed by atoms with Gasteiger partial charge in [0.25, 0.3) is 0 Å². The molecule has 0 atom stereocenters. The number of aromatic nitrogens is 2. The zero-order valence-electron chi connectivity index (χ0n) is 8.71. The van der Waals surface area contributed by atoms with Gasteiger partial charge in [-0.2, -0.15) is 4.98 Å². The third-order valence-corrected chi connectivity index (χ3v) is 2.96. The van der Waals surface area contributed by atoms with Crippen molar-refractivity contribution < 1.29 is 9.32 Å². The van der Waals surface area contributed by atoms with Crippen LogP contribution in [0.25, 0.3) is 0 Å². The molecule has 1 aromatic carbocycles. The lowest BCUT2D eigenvalue weighted by Crippen LogP contribution is -1.84. The second-order valence-electron chi connectivity index (χ2n) is 3.21. The van der Waals surface area contributed by atoms with Crippen LogP contribution in [0.4, 0.5) is 0 Å². The second kappa shape index (κ2) is 4.94. The molecule has 0 aliphatic carbocycles. The highest BCUT2D eigenvalue weighted by Gasteiger charge is 2.02. The highest BCUT2D eigenvalue weighted by atomic mass is 32.2. The number of carbonyl (C=O) groups is 1. The minimum absolute atomic E-state index is 0.576. The molecule has 0 saturated carbocycles. The molecule has 0 N–H and O–H groups in total. The first-order valence-electron chi connectivity index (χ1n) is 4.75. The third kappa shape index (κ3) is 2.70. The fraction of sp³-hybridized carbons (Fsp3) is 0.182. The van der Waals surface area contributed by atoms with Crippen LogP contribution in [-0.4, -0.2) is 16.4 Å². The average Bonchev–Trinajstić information content (AvgIpc) is 2.73. The van der Waals surface area contributed by atoms with Gasteiger partial charge in [-0.25, -0.2) is 0 Å². The number of aryl methyl sites for hydroxylation is 1. The van der Waals surface area contributed by atoms with E-state index in [2.05, 4.69) is 10.1 Å². The van der Waals surface area contributed by atoms with Crippen LogP contribution < -0.4 is 0 Å². The van der Waals surface area contributed by atoms with Crippen LogP contribution in [0.1, 0.15) is 22.1 Å². The quantitative estimate of drug-likeness (QED) is 0.601. The maximum Gasteiger partial charge on any atom is 0.223 e. The van der Waals surface area contributed by atoms with Crippen LogP contribution in [-0.2, 0) is 5.75 Å². The standard InChI is InChI=1S/C11H10N2O2S/c1-8-12-11(13-15-8)7-16-10-4-2-9(6-14)3-5-10/h2-6H,7H2,1H3. The molecular formula is C11H10N2O2S. The first kappa shape index (κ1) is 10.9. The zero-order chi connectivity index (χ0) is 11.4. The Balaban J connectivity index is 1.96. The van der Waals surface area contributed by atoms with E-state index in [1.54, 1.807) is 30.8 Å². The van der Waals surface area contributed by atoms with Gasteiger partial charge in [-0.1, -0.05) is 17.3 Å². The van der Waals surface area contributed by atoms with Gasteiger partial charge in [-0.15, -0.1) is 11.8 Å². The second-order valence-corrected chi connectivity index (χ2v) is 4.25. The Kier molecular flexibility index (Phi) is 3.36. The Hall–Kier alpha value is -1.62. The number of hydrogen-bond acceptors (Lipinski definition) is 5. The molecule has 5 heteroatoms. The summed E-state index contributed by atoms with van der Waals surface area (Å²) in [5.41, 5.74) is 0.680. The van der Waals surface area contributed by atoms with Gasteiger partial charge in [-0.3, -0.25) is 4.79 Å². The number of aldehydes is 1. The van der Waals surface area contributed by atoms with Gasteiger partial charge < -0.3 is 4.52 Å². The van der Waals surface area contributed by atoms with E-state index in [-0.39, 0.29) is 0 Å². The summed E-state index contributed by atoms with van der Waals surface area (Å²) in [5.74, 6) is 1.92. The van der Waals surface area contributed by atoms with Crippen molar-refractivity contribution in [1.29, 1.82) is 0 Å². The highest BCUT2D eigenvalue weighted by molar-refractivity contribution is 7.98. The van der Waals surface area contributed by atoms with Gasteiger partial charge in [0, 0.05) is 17.4 Å². The van der Waals surface area contributed by atoms with Crippen LogP contribution in [0.2, 0.25) is 0 Å². The molecule has 0 aliphatic rings. The summed E-state index contributed by atoms with van der Waals surface area (Å²) in [6, 6.07) is 7.39. The van der Waals surface area contributed by atoms with Crippen LogP contribution in [0.3, 0.4) is 0 Å². The molecule has 0 radical (unpaired) electrons. The first-order valence-corrected chi connectivity index (χ1v) is 5.74. The van der Waals surface area contributed by atoms with Crippen LogP contribution >= 0.6 is 11.8 Å². The largest absolute Gasteiger partial charge is 0.340 e. The summed E-state index contributed by atoms with van der Waals surface area (Å²) in [5, 5.41) is 3.80. The van der Waals surface area contributed by atoms with Gasteiger partial charge in [0.2, 0.25) is 5.89 Å². The molecule has 1 aromatic heterocycles. The number of benzene rings is 1. The van der Waals surface area contributed by atoms with Gasteiger partial charge in [0.1, 0.15) is 6.29 Å². The fourth-order valence-corrected chi connectivity index (χ4v) is 1.93. The van der Waals surface area contributed by atoms with Gasteiger partial charge in [-0.05, 0) is 12.1 Å². The summed E-state index contributed by atoms with van der Waals surface area (Å²) in [6.45, 7) is 1.76. The fourth-order valence-electron chi connectivity index (χ4n) is 1.19. The van der Waals surface area contributed by atoms with Gasteiger partial charge in [0.15, 0.2) is 5.82 Å². The molecule has 0 amide bonds. The molecule has 0 saturated heterocycles. The summed E-state index contributed by atoms with van der Waals surface area (Å²) >= 11 is 1.61. The van der Waals surface area contributed by atoms with E-state index in [9.17, 15) is 4.79 Å². The van der Waals surface area contributed by atoms with E-state index in [1.165, 1.54) is 0 Å². The van der Waals surface area contributed by atoms with E-state index in [1.807, 2.05) is 12.1 Å². The van der Waals surface area contributed by atoms with Gasteiger partial charge >= 0.3 is 0 Å². The van der Waals surface area contributed by atoms with Crippen LogP contribution in [0, 0.1) is 6.92 Å². The molecule has 2 aromatic rings. The third-order valence-electron chi connectivity index (χ3n) is 1.95.